The zero-order chi connectivity index (χ0) is 15.4. The van der Waals surface area contributed by atoms with Crippen LogP contribution >= 0.6 is 11.6 Å². The van der Waals surface area contributed by atoms with E-state index in [0.29, 0.717) is 16.3 Å². The second-order valence-electron chi connectivity index (χ2n) is 4.10. The third kappa shape index (κ3) is 3.11. The summed E-state index contributed by atoms with van der Waals surface area (Å²) in [5.74, 6) is -2.08. The van der Waals surface area contributed by atoms with E-state index in [2.05, 4.69) is 4.74 Å². The number of benzene rings is 1. The molecular weight excluding hydrogens is 284 g/mol. The lowest BCUT2D eigenvalue weighted by molar-refractivity contribution is -0.149. The van der Waals surface area contributed by atoms with Crippen LogP contribution in [-0.2, 0) is 14.3 Å². The number of aryl methyl sites for hydroxylation is 1. The molecule has 0 saturated carbocycles. The van der Waals surface area contributed by atoms with Gasteiger partial charge in [-0.25, -0.2) is 4.79 Å². The van der Waals surface area contributed by atoms with Gasteiger partial charge in [0.1, 0.15) is 11.5 Å². The first-order chi connectivity index (χ1) is 9.33. The van der Waals surface area contributed by atoms with Crippen LogP contribution < -0.4 is 4.74 Å². The van der Waals surface area contributed by atoms with Crippen molar-refractivity contribution in [2.45, 2.75) is 13.8 Å². The van der Waals surface area contributed by atoms with E-state index < -0.39 is 17.5 Å². The number of rotatable bonds is 4. The summed E-state index contributed by atoms with van der Waals surface area (Å²) in [6, 6.07) is 1.64. The van der Waals surface area contributed by atoms with Crippen LogP contribution in [0.4, 0.5) is 0 Å². The first-order valence-corrected chi connectivity index (χ1v) is 6.08. The fraction of sp³-hybridized carbons (Fsp3) is 0.286. The summed E-state index contributed by atoms with van der Waals surface area (Å²) in [5, 5.41) is 10.5. The van der Waals surface area contributed by atoms with E-state index in [1.165, 1.54) is 7.11 Å². The molecule has 0 aliphatic rings. The van der Waals surface area contributed by atoms with Gasteiger partial charge < -0.3 is 14.6 Å². The average molecular weight is 299 g/mol. The summed E-state index contributed by atoms with van der Waals surface area (Å²) in [6.45, 7) is 3.47. The third-order valence-corrected chi connectivity index (χ3v) is 3.36. The van der Waals surface area contributed by atoms with Crippen LogP contribution in [0.15, 0.2) is 12.1 Å². The zero-order valence-electron chi connectivity index (χ0n) is 11.6. The molecule has 0 unspecified atom stereocenters. The molecule has 0 heterocycles. The number of hydrogen-bond donors (Lipinski definition) is 1. The Morgan fingerprint density at radius 1 is 1.30 bits per heavy atom. The molecule has 0 spiro atoms. The summed E-state index contributed by atoms with van der Waals surface area (Å²) in [6.07, 6.45) is 0.780. The van der Waals surface area contributed by atoms with E-state index in [1.807, 2.05) is 0 Å². The van der Waals surface area contributed by atoms with Crippen molar-refractivity contribution in [3.05, 3.63) is 33.9 Å². The van der Waals surface area contributed by atoms with Crippen LogP contribution in [-0.4, -0.2) is 31.1 Å². The van der Waals surface area contributed by atoms with E-state index in [1.54, 1.807) is 19.9 Å². The van der Waals surface area contributed by atoms with Crippen LogP contribution in [0.2, 0.25) is 5.02 Å². The molecule has 0 saturated heterocycles. The quantitative estimate of drug-likeness (QED) is 0.400. The minimum atomic E-state index is -1.06. The molecule has 1 N–H and O–H groups in total. The molecule has 0 amide bonds. The van der Waals surface area contributed by atoms with Crippen molar-refractivity contribution in [2.75, 3.05) is 14.2 Å². The van der Waals surface area contributed by atoms with Crippen molar-refractivity contribution in [2.24, 2.45) is 0 Å². The summed E-state index contributed by atoms with van der Waals surface area (Å²) in [7, 11) is 2.51. The fourth-order valence-electron chi connectivity index (χ4n) is 1.76. The smallest absolute Gasteiger partial charge is 0.378 e. The predicted molar refractivity (Wildman–Crippen MR) is 75.1 cm³/mol. The number of aliphatic hydroxyl groups is 1. The summed E-state index contributed by atoms with van der Waals surface area (Å²) < 4.78 is 9.44. The van der Waals surface area contributed by atoms with Crippen molar-refractivity contribution in [1.29, 1.82) is 0 Å². The first-order valence-electron chi connectivity index (χ1n) is 5.70. The van der Waals surface area contributed by atoms with Gasteiger partial charge in [0.05, 0.1) is 19.8 Å². The molecule has 0 atom stereocenters. The molecule has 1 rings (SSSR count). The molecule has 0 fully saturated rings. The standard InChI is InChI=1S/C14H15ClO5/c1-7-5-11(19-3)12(8(2)13(7)15)9(16)6-10(17)14(18)20-4/h5-6,16H,1-4H3/b9-6-. The van der Waals surface area contributed by atoms with Crippen molar-refractivity contribution >= 4 is 29.1 Å². The highest BCUT2D eigenvalue weighted by Gasteiger charge is 2.19. The van der Waals surface area contributed by atoms with Crippen LogP contribution in [0.1, 0.15) is 16.7 Å². The maximum Gasteiger partial charge on any atom is 0.378 e. The largest absolute Gasteiger partial charge is 0.507 e. The van der Waals surface area contributed by atoms with E-state index in [-0.39, 0.29) is 5.56 Å². The number of esters is 1. The van der Waals surface area contributed by atoms with Crippen LogP contribution in [0.25, 0.3) is 5.76 Å². The number of methoxy groups -OCH3 is 2. The highest BCUT2D eigenvalue weighted by atomic mass is 35.5. The predicted octanol–water partition coefficient (Wildman–Crippen LogP) is 2.61. The Bertz CT molecular complexity index is 590. The number of carbonyl (C=O) groups is 2. The SMILES string of the molecule is COC(=O)C(=O)/C=C(\O)c1c(OC)cc(C)c(Cl)c1C. The molecule has 0 radical (unpaired) electrons. The van der Waals surface area contributed by atoms with E-state index in [9.17, 15) is 14.7 Å². The first kappa shape index (κ1) is 16.0. The Morgan fingerprint density at radius 3 is 2.40 bits per heavy atom. The van der Waals surface area contributed by atoms with Crippen LogP contribution in [0.3, 0.4) is 0 Å². The van der Waals surface area contributed by atoms with Gasteiger partial charge in [0.15, 0.2) is 0 Å². The Labute approximate surface area is 121 Å². The second-order valence-corrected chi connectivity index (χ2v) is 4.47. The second kappa shape index (κ2) is 6.43. The Balaban J connectivity index is 3.39. The van der Waals surface area contributed by atoms with E-state index >= 15 is 0 Å². The monoisotopic (exact) mass is 298 g/mol. The average Bonchev–Trinajstić information content (AvgIpc) is 2.42. The van der Waals surface area contributed by atoms with E-state index in [0.717, 1.165) is 18.7 Å². The molecule has 1 aromatic carbocycles. The minimum Gasteiger partial charge on any atom is -0.507 e. The molecule has 6 heteroatoms. The zero-order valence-corrected chi connectivity index (χ0v) is 12.4. The Hall–Kier alpha value is -2.01. The van der Waals surface area contributed by atoms with Gasteiger partial charge in [-0.15, -0.1) is 0 Å². The number of hydrogen-bond acceptors (Lipinski definition) is 5. The topological polar surface area (TPSA) is 72.8 Å². The normalized spacial score (nSPS) is 11.2. The van der Waals surface area contributed by atoms with Crippen molar-refractivity contribution in [3.63, 3.8) is 0 Å². The number of ketones is 1. The molecule has 20 heavy (non-hydrogen) atoms. The van der Waals surface area contributed by atoms with Crippen molar-refractivity contribution < 1.29 is 24.2 Å². The maximum atomic E-state index is 11.4. The molecule has 0 aliphatic heterocycles. The maximum absolute atomic E-state index is 11.4. The molecule has 0 aliphatic carbocycles. The van der Waals surface area contributed by atoms with Crippen LogP contribution in [0, 0.1) is 13.8 Å². The van der Waals surface area contributed by atoms with Gasteiger partial charge in [-0.3, -0.25) is 4.79 Å². The number of halogens is 1. The summed E-state index contributed by atoms with van der Waals surface area (Å²) in [5.41, 5.74) is 1.59. The third-order valence-electron chi connectivity index (χ3n) is 2.77. The Morgan fingerprint density at radius 2 is 1.90 bits per heavy atom. The van der Waals surface area contributed by atoms with Gasteiger partial charge in [0, 0.05) is 11.1 Å². The molecular formula is C14H15ClO5. The highest BCUT2D eigenvalue weighted by Crippen LogP contribution is 2.35. The van der Waals surface area contributed by atoms with Gasteiger partial charge in [-0.05, 0) is 31.0 Å². The van der Waals surface area contributed by atoms with Crippen LogP contribution in [0.5, 0.6) is 5.75 Å². The molecule has 108 valence electrons. The van der Waals surface area contributed by atoms with E-state index in [4.69, 9.17) is 16.3 Å². The number of aliphatic hydroxyl groups excluding tert-OH is 1. The lowest BCUT2D eigenvalue weighted by Gasteiger charge is -2.14. The minimum absolute atomic E-state index is 0.264. The molecule has 5 nitrogen and oxygen atoms in total. The lowest BCUT2D eigenvalue weighted by atomic mass is 10.0. The highest BCUT2D eigenvalue weighted by molar-refractivity contribution is 6.39. The molecule has 1 aromatic rings. The van der Waals surface area contributed by atoms with Gasteiger partial charge in [0.25, 0.3) is 5.78 Å². The van der Waals surface area contributed by atoms with Gasteiger partial charge in [-0.2, -0.15) is 0 Å². The fourth-order valence-corrected chi connectivity index (χ4v) is 1.91. The Kier molecular flexibility index (Phi) is 5.16. The van der Waals surface area contributed by atoms with Crippen molar-refractivity contribution in [3.8, 4) is 5.75 Å². The number of ether oxygens (including phenoxy) is 2. The summed E-state index contributed by atoms with van der Waals surface area (Å²) in [4.78, 5) is 22.5. The molecule has 0 bridgehead atoms. The molecule has 0 aromatic heterocycles. The van der Waals surface area contributed by atoms with Gasteiger partial charge >= 0.3 is 5.97 Å². The lowest BCUT2D eigenvalue weighted by Crippen LogP contribution is -2.13. The number of carbonyl (C=O) groups excluding carboxylic acids is 2. The van der Waals surface area contributed by atoms with Crippen molar-refractivity contribution in [1.82, 2.24) is 0 Å². The van der Waals surface area contributed by atoms with Gasteiger partial charge in [0.2, 0.25) is 0 Å². The van der Waals surface area contributed by atoms with Gasteiger partial charge in [-0.1, -0.05) is 11.6 Å². The summed E-state index contributed by atoms with van der Waals surface area (Å²) >= 11 is 6.11.